The molecule has 3 aromatic rings. The van der Waals surface area contributed by atoms with Crippen LogP contribution in [0.2, 0.25) is 0 Å². The van der Waals surface area contributed by atoms with Crippen molar-refractivity contribution in [3.05, 3.63) is 58.6 Å². The van der Waals surface area contributed by atoms with Crippen LogP contribution in [-0.2, 0) is 0 Å². The second kappa shape index (κ2) is 9.65. The number of anilines is 2. The van der Waals surface area contributed by atoms with E-state index in [1.807, 2.05) is 28.8 Å². The fourth-order valence-electron chi connectivity index (χ4n) is 6.98. The summed E-state index contributed by atoms with van der Waals surface area (Å²) in [4.78, 5) is 37.5. The number of nitrogens with one attached hydrogen (secondary N) is 1. The second-order valence-corrected chi connectivity index (χ2v) is 10.6. The molecule has 3 N–H and O–H groups in total. The third-order valence-corrected chi connectivity index (χ3v) is 8.52. The number of primary amides is 1. The molecule has 0 spiro atoms. The molecule has 1 saturated carbocycles. The lowest BCUT2D eigenvalue weighted by Gasteiger charge is -2.34. The van der Waals surface area contributed by atoms with Gasteiger partial charge in [-0.05, 0) is 50.3 Å². The lowest BCUT2D eigenvalue weighted by molar-refractivity contribution is 0.100. The van der Waals surface area contributed by atoms with Gasteiger partial charge in [-0.2, -0.15) is 0 Å². The molecule has 6 rings (SSSR count). The van der Waals surface area contributed by atoms with E-state index in [1.54, 1.807) is 6.07 Å². The summed E-state index contributed by atoms with van der Waals surface area (Å²) in [6, 6.07) is 11.0. The number of hydrogen-bond acceptors (Lipinski definition) is 6. The molecule has 8 heteroatoms. The number of fused-ring (bicyclic) bond motifs is 3. The molecule has 1 amide bonds. The van der Waals surface area contributed by atoms with Crippen molar-refractivity contribution in [2.24, 2.45) is 5.73 Å². The first-order chi connectivity index (χ1) is 17.6. The van der Waals surface area contributed by atoms with Crippen molar-refractivity contribution in [2.45, 2.75) is 88.4 Å². The van der Waals surface area contributed by atoms with Crippen molar-refractivity contribution in [3.8, 4) is 0 Å². The Morgan fingerprint density at radius 1 is 0.944 bits per heavy atom. The molecule has 8 nitrogen and oxygen atoms in total. The van der Waals surface area contributed by atoms with Crippen LogP contribution in [0.15, 0.2) is 47.5 Å². The Balaban J connectivity index is 1.40. The van der Waals surface area contributed by atoms with Crippen molar-refractivity contribution in [3.63, 3.8) is 0 Å². The summed E-state index contributed by atoms with van der Waals surface area (Å²) >= 11 is 0. The minimum atomic E-state index is -0.580. The van der Waals surface area contributed by atoms with Gasteiger partial charge >= 0.3 is 0 Å². The predicted octanol–water partition coefficient (Wildman–Crippen LogP) is 4.52. The van der Waals surface area contributed by atoms with Crippen LogP contribution in [0.5, 0.6) is 0 Å². The third-order valence-electron chi connectivity index (χ3n) is 8.52. The van der Waals surface area contributed by atoms with E-state index in [0.29, 0.717) is 23.8 Å². The first-order valence-electron chi connectivity index (χ1n) is 13.4. The van der Waals surface area contributed by atoms with Crippen molar-refractivity contribution >= 4 is 28.4 Å². The number of rotatable bonds is 5. The summed E-state index contributed by atoms with van der Waals surface area (Å²) in [5.74, 6) is -0.381. The minimum Gasteiger partial charge on any atom is -0.366 e. The third kappa shape index (κ3) is 4.07. The topological polar surface area (TPSA) is 106 Å². The molecule has 3 atom stereocenters. The molecule has 2 bridgehead atoms. The number of nitrogens with two attached hydrogens (primary N) is 1. The second-order valence-electron chi connectivity index (χ2n) is 10.6. The van der Waals surface area contributed by atoms with Crippen molar-refractivity contribution in [1.29, 1.82) is 0 Å². The Bertz CT molecular complexity index is 1330. The molecule has 2 aromatic heterocycles. The molecular weight excluding hydrogens is 452 g/mol. The Hall–Kier alpha value is -3.26. The first-order valence-corrected chi connectivity index (χ1v) is 13.4. The zero-order chi connectivity index (χ0) is 24.6. The molecule has 1 aliphatic carbocycles. The highest BCUT2D eigenvalue weighted by Crippen LogP contribution is 2.47. The van der Waals surface area contributed by atoms with Crippen LogP contribution in [0.25, 0.3) is 11.0 Å². The molecule has 0 radical (unpaired) electrons. The van der Waals surface area contributed by atoms with Crippen LogP contribution < -0.4 is 16.6 Å². The molecule has 4 heterocycles. The van der Waals surface area contributed by atoms with Crippen LogP contribution in [0, 0.1) is 0 Å². The van der Waals surface area contributed by atoms with Gasteiger partial charge in [0.1, 0.15) is 0 Å². The summed E-state index contributed by atoms with van der Waals surface area (Å²) in [5, 5.41) is 3.09. The quantitative estimate of drug-likeness (QED) is 0.549. The van der Waals surface area contributed by atoms with E-state index in [-0.39, 0.29) is 23.0 Å². The number of para-hydroxylation sites is 2. The monoisotopic (exact) mass is 486 g/mol. The maximum Gasteiger partial charge on any atom is 0.294 e. The van der Waals surface area contributed by atoms with Gasteiger partial charge in [0.15, 0.2) is 5.82 Å². The van der Waals surface area contributed by atoms with Crippen molar-refractivity contribution < 1.29 is 4.79 Å². The van der Waals surface area contributed by atoms with Crippen LogP contribution in [0.1, 0.15) is 80.6 Å². The van der Waals surface area contributed by atoms with Gasteiger partial charge in [-0.1, -0.05) is 44.2 Å². The maximum atomic E-state index is 14.0. The Morgan fingerprint density at radius 2 is 1.72 bits per heavy atom. The number of nitrogens with zero attached hydrogens (tertiary/aromatic N) is 4. The fourth-order valence-corrected chi connectivity index (χ4v) is 6.98. The highest BCUT2D eigenvalue weighted by molar-refractivity contribution is 5.98. The minimum absolute atomic E-state index is 0.111. The van der Waals surface area contributed by atoms with Gasteiger partial charge in [-0.3, -0.25) is 24.0 Å². The summed E-state index contributed by atoms with van der Waals surface area (Å²) < 4.78 is 1.98. The SMILES string of the molecule is NC(=O)c1ccncc1Nc1nc2ccccc2n([C@@H]2C[C@@H]3CC[C@H]2N3C2CCCCCCC2)c1=O. The number of hydrogen-bond donors (Lipinski definition) is 2. The molecule has 1 aromatic carbocycles. The van der Waals surface area contributed by atoms with Gasteiger partial charge in [0.2, 0.25) is 0 Å². The Labute approximate surface area is 210 Å². The van der Waals surface area contributed by atoms with E-state index in [1.165, 1.54) is 63.8 Å². The average Bonchev–Trinajstić information content (AvgIpc) is 3.43. The number of carbonyl (C=O) groups excluding carboxylic acids is 1. The maximum absolute atomic E-state index is 14.0. The molecule has 36 heavy (non-hydrogen) atoms. The van der Waals surface area contributed by atoms with Crippen LogP contribution in [-0.4, -0.2) is 43.5 Å². The lowest BCUT2D eigenvalue weighted by Crippen LogP contribution is -2.42. The molecule has 0 unspecified atom stereocenters. The molecular formula is C28H34N6O2. The largest absolute Gasteiger partial charge is 0.366 e. The summed E-state index contributed by atoms with van der Waals surface area (Å²) in [7, 11) is 0. The Morgan fingerprint density at radius 3 is 2.53 bits per heavy atom. The predicted molar refractivity (Wildman–Crippen MR) is 140 cm³/mol. The average molecular weight is 487 g/mol. The van der Waals surface area contributed by atoms with Gasteiger partial charge < -0.3 is 11.1 Å². The van der Waals surface area contributed by atoms with Crippen LogP contribution >= 0.6 is 0 Å². The lowest BCUT2D eigenvalue weighted by atomic mass is 9.94. The van der Waals surface area contributed by atoms with Gasteiger partial charge in [-0.25, -0.2) is 4.98 Å². The summed E-state index contributed by atoms with van der Waals surface area (Å²) in [6.45, 7) is 0. The van der Waals surface area contributed by atoms with Gasteiger partial charge in [0.25, 0.3) is 11.5 Å². The van der Waals surface area contributed by atoms with Gasteiger partial charge in [0.05, 0.1) is 34.5 Å². The van der Waals surface area contributed by atoms with Crippen LogP contribution in [0.4, 0.5) is 11.5 Å². The number of pyridine rings is 1. The number of amides is 1. The molecule has 3 fully saturated rings. The number of carbonyl (C=O) groups is 1. The zero-order valence-corrected chi connectivity index (χ0v) is 20.6. The van der Waals surface area contributed by atoms with Gasteiger partial charge in [-0.15, -0.1) is 0 Å². The highest BCUT2D eigenvalue weighted by atomic mass is 16.1. The van der Waals surface area contributed by atoms with E-state index < -0.39 is 5.91 Å². The van der Waals surface area contributed by atoms with Crippen molar-refractivity contribution in [1.82, 2.24) is 19.4 Å². The van der Waals surface area contributed by atoms with Crippen molar-refractivity contribution in [2.75, 3.05) is 5.32 Å². The van der Waals surface area contributed by atoms with E-state index in [2.05, 4.69) is 20.2 Å². The van der Waals surface area contributed by atoms with Crippen LogP contribution in [0.3, 0.4) is 0 Å². The van der Waals surface area contributed by atoms with E-state index in [0.717, 1.165) is 23.9 Å². The standard InChI is InChI=1S/C28H34N6O2/c29-26(35)20-14-15-30-17-22(20)32-27-28(36)34(23-11-7-6-10-21(23)31-27)25-16-19-12-13-24(25)33(19)18-8-4-2-1-3-5-9-18/h6-7,10-11,14-15,17-19,24-25H,1-5,8-9,12-13,16H2,(H2,29,35)(H,31,32)/t19-,24+,25+/m0/s1. The smallest absolute Gasteiger partial charge is 0.294 e. The molecule has 188 valence electrons. The summed E-state index contributed by atoms with van der Waals surface area (Å²) in [5.41, 5.74) is 7.68. The first kappa shape index (κ1) is 23.2. The van der Waals surface area contributed by atoms with E-state index >= 15 is 0 Å². The number of benzene rings is 1. The van der Waals surface area contributed by atoms with E-state index in [9.17, 15) is 9.59 Å². The summed E-state index contributed by atoms with van der Waals surface area (Å²) in [6.07, 6.45) is 15.6. The molecule has 3 aliphatic rings. The normalized spacial score (nSPS) is 25.1. The molecule has 2 aliphatic heterocycles. The van der Waals surface area contributed by atoms with E-state index in [4.69, 9.17) is 5.73 Å². The zero-order valence-electron chi connectivity index (χ0n) is 20.6. The molecule has 2 saturated heterocycles. The highest BCUT2D eigenvalue weighted by Gasteiger charge is 2.50. The van der Waals surface area contributed by atoms with Gasteiger partial charge in [0, 0.05) is 24.3 Å². The Kier molecular flexibility index (Phi) is 6.21. The fraction of sp³-hybridized carbons (Fsp3) is 0.500. The number of aromatic nitrogens is 3.